The van der Waals surface area contributed by atoms with Crippen LogP contribution >= 0.6 is 0 Å². The van der Waals surface area contributed by atoms with Gasteiger partial charge in [0.2, 0.25) is 5.82 Å². The van der Waals surface area contributed by atoms with Gasteiger partial charge in [-0.3, -0.25) is 0 Å². The molecule has 0 aliphatic carbocycles. The molecule has 5 rings (SSSR count). The maximum Gasteiger partial charge on any atom is 0.344 e. The topological polar surface area (TPSA) is 126 Å². The number of rotatable bonds is 9. The lowest BCUT2D eigenvalue weighted by molar-refractivity contribution is -0.605. The number of unbranched alkanes of at least 4 members (excludes halogenated alkanes) is 1. The molecule has 5 aromatic rings. The molecule has 0 saturated carbocycles. The molecule has 0 bridgehead atoms. The Morgan fingerprint density at radius 3 is 2.58 bits per heavy atom. The number of hydrogen-bond donors (Lipinski definition) is 1. The number of hydrogen-bond acceptors (Lipinski definition) is 7. The number of pyridine rings is 1. The van der Waals surface area contributed by atoms with E-state index in [1.807, 2.05) is 30.5 Å². The van der Waals surface area contributed by atoms with E-state index in [4.69, 9.17) is 9.72 Å². The van der Waals surface area contributed by atoms with E-state index in [1.165, 1.54) is 19.5 Å². The average Bonchev–Trinajstić information content (AvgIpc) is 3.62. The number of nitrogens with zero attached hydrogens (tertiary/aromatic N) is 6. The fourth-order valence-electron chi connectivity index (χ4n) is 4.38. The van der Waals surface area contributed by atoms with Crippen molar-refractivity contribution in [1.82, 2.24) is 30.2 Å². The normalized spacial score (nSPS) is 11.0. The second-order valence-corrected chi connectivity index (χ2v) is 8.92. The molecule has 10 nitrogen and oxygen atoms in total. The number of esters is 1. The zero-order chi connectivity index (χ0) is 26.5. The lowest BCUT2D eigenvalue weighted by Crippen LogP contribution is -2.27. The molecular weight excluding hydrogens is 482 g/mol. The quantitative estimate of drug-likeness (QED) is 0.179. The third-order valence-electron chi connectivity index (χ3n) is 6.30. The van der Waals surface area contributed by atoms with Gasteiger partial charge in [-0.1, -0.05) is 61.9 Å². The van der Waals surface area contributed by atoms with Crippen molar-refractivity contribution in [2.45, 2.75) is 32.7 Å². The van der Waals surface area contributed by atoms with Gasteiger partial charge in [-0.05, 0) is 34.4 Å². The van der Waals surface area contributed by atoms with Crippen LogP contribution in [0.1, 0.15) is 41.5 Å². The first-order chi connectivity index (χ1) is 18.6. The smallest absolute Gasteiger partial charge is 0.344 e. The van der Waals surface area contributed by atoms with E-state index in [0.29, 0.717) is 28.4 Å². The fraction of sp³-hybridized carbons (Fsp3) is 0.214. The molecule has 1 N–H and O–H groups in total. The SMILES string of the molecule is CCCCc1nc(-c2cc(C(=O)OC)c[n+]([O-])c2)cn1Cc1ccc(-c2ccccc2-c2nn[nH]n2)cc1. The van der Waals surface area contributed by atoms with Crippen LogP contribution in [0.4, 0.5) is 0 Å². The molecule has 192 valence electrons. The lowest BCUT2D eigenvalue weighted by atomic mass is 9.98. The van der Waals surface area contributed by atoms with Gasteiger partial charge in [-0.2, -0.15) is 9.94 Å². The van der Waals surface area contributed by atoms with E-state index < -0.39 is 5.97 Å². The Morgan fingerprint density at radius 2 is 1.87 bits per heavy atom. The highest BCUT2D eigenvalue weighted by Gasteiger charge is 2.17. The number of methoxy groups -OCH3 is 1. The number of aromatic amines is 1. The van der Waals surface area contributed by atoms with Gasteiger partial charge in [0.25, 0.3) is 0 Å². The Balaban J connectivity index is 1.44. The third-order valence-corrected chi connectivity index (χ3v) is 6.30. The van der Waals surface area contributed by atoms with Gasteiger partial charge in [0.1, 0.15) is 11.4 Å². The van der Waals surface area contributed by atoms with E-state index >= 15 is 0 Å². The second kappa shape index (κ2) is 11.0. The van der Waals surface area contributed by atoms with Crippen LogP contribution < -0.4 is 4.73 Å². The summed E-state index contributed by atoms with van der Waals surface area (Å²) >= 11 is 0. The number of benzene rings is 2. The van der Waals surface area contributed by atoms with E-state index in [9.17, 15) is 10.0 Å². The third kappa shape index (κ3) is 5.29. The molecule has 10 heteroatoms. The number of H-pyrrole nitrogens is 1. The number of aryl methyl sites for hydroxylation is 1. The molecule has 0 unspecified atom stereocenters. The zero-order valence-corrected chi connectivity index (χ0v) is 21.2. The van der Waals surface area contributed by atoms with E-state index in [1.54, 1.807) is 6.07 Å². The monoisotopic (exact) mass is 509 g/mol. The molecule has 0 fully saturated rings. The van der Waals surface area contributed by atoms with Gasteiger partial charge in [-0.15, -0.1) is 10.2 Å². The number of carbonyl (C=O) groups excluding carboxylic acids is 1. The predicted molar refractivity (Wildman–Crippen MR) is 141 cm³/mol. The summed E-state index contributed by atoms with van der Waals surface area (Å²) in [6.45, 7) is 2.76. The van der Waals surface area contributed by atoms with Crippen molar-refractivity contribution in [2.24, 2.45) is 0 Å². The molecule has 0 amide bonds. The van der Waals surface area contributed by atoms with Crippen LogP contribution in [0, 0.1) is 5.21 Å². The first-order valence-corrected chi connectivity index (χ1v) is 12.4. The van der Waals surface area contributed by atoms with Gasteiger partial charge in [0.05, 0.1) is 18.4 Å². The number of aromatic nitrogens is 7. The molecular formula is C28H27N7O3. The Morgan fingerprint density at radius 1 is 1.08 bits per heavy atom. The van der Waals surface area contributed by atoms with Crippen LogP contribution in [0.3, 0.4) is 0 Å². The van der Waals surface area contributed by atoms with Crippen molar-refractivity contribution in [3.63, 3.8) is 0 Å². The predicted octanol–water partition coefficient (Wildman–Crippen LogP) is 4.21. The average molecular weight is 510 g/mol. The van der Waals surface area contributed by atoms with E-state index in [-0.39, 0.29) is 5.56 Å². The standard InChI is InChI=1S/C28H27N7O3/c1-3-4-9-26-29-25(21-14-22(28(36)38-2)17-35(37)16-21)18-34(26)15-19-10-12-20(13-11-19)23-7-5-6-8-24(23)27-30-32-33-31-27/h5-8,10-14,16-18H,3-4,9,15H2,1-2H3,(H,30,31,32,33). The van der Waals surface area contributed by atoms with E-state index in [2.05, 4.69) is 56.4 Å². The van der Waals surface area contributed by atoms with Crippen molar-refractivity contribution < 1.29 is 14.3 Å². The van der Waals surface area contributed by atoms with Crippen LogP contribution in [0.2, 0.25) is 0 Å². The molecule has 3 heterocycles. The number of tetrazole rings is 1. The van der Waals surface area contributed by atoms with Crippen LogP contribution in [0.25, 0.3) is 33.8 Å². The highest BCUT2D eigenvalue weighted by atomic mass is 16.5. The maximum absolute atomic E-state index is 12.2. The summed E-state index contributed by atoms with van der Waals surface area (Å²) in [5, 5.41) is 26.6. The summed E-state index contributed by atoms with van der Waals surface area (Å²) < 4.78 is 7.50. The Labute approximate surface area is 219 Å². The summed E-state index contributed by atoms with van der Waals surface area (Å²) in [4.78, 5) is 16.8. The van der Waals surface area contributed by atoms with Crippen molar-refractivity contribution in [3.8, 4) is 33.8 Å². The van der Waals surface area contributed by atoms with Gasteiger partial charge >= 0.3 is 5.97 Å². The molecule has 0 aliphatic heterocycles. The van der Waals surface area contributed by atoms with E-state index in [0.717, 1.165) is 47.3 Å². The number of ether oxygens (including phenoxy) is 1. The minimum atomic E-state index is -0.567. The van der Waals surface area contributed by atoms with Crippen LogP contribution in [-0.4, -0.2) is 43.3 Å². The first-order valence-electron chi connectivity index (χ1n) is 12.4. The molecule has 0 saturated heterocycles. The van der Waals surface area contributed by atoms with Crippen molar-refractivity contribution in [3.05, 3.63) is 95.3 Å². The zero-order valence-electron chi connectivity index (χ0n) is 21.2. The Hall–Kier alpha value is -4.86. The van der Waals surface area contributed by atoms with Crippen LogP contribution in [-0.2, 0) is 17.7 Å². The summed E-state index contributed by atoms with van der Waals surface area (Å²) in [6, 6.07) is 17.9. The summed E-state index contributed by atoms with van der Waals surface area (Å²) in [5.41, 5.74) is 5.46. The largest absolute Gasteiger partial charge is 0.619 e. The van der Waals surface area contributed by atoms with Crippen molar-refractivity contribution in [1.29, 1.82) is 0 Å². The van der Waals surface area contributed by atoms with Crippen LogP contribution in [0.5, 0.6) is 0 Å². The minimum Gasteiger partial charge on any atom is -0.619 e. The van der Waals surface area contributed by atoms with Gasteiger partial charge in [0.15, 0.2) is 12.4 Å². The van der Waals surface area contributed by atoms with Gasteiger partial charge in [0, 0.05) is 24.7 Å². The van der Waals surface area contributed by atoms with Crippen molar-refractivity contribution >= 4 is 5.97 Å². The molecule has 3 aromatic heterocycles. The Kier molecular flexibility index (Phi) is 7.21. The van der Waals surface area contributed by atoms with Crippen molar-refractivity contribution in [2.75, 3.05) is 7.11 Å². The Bertz CT molecular complexity index is 1540. The fourth-order valence-corrected chi connectivity index (χ4v) is 4.38. The highest BCUT2D eigenvalue weighted by molar-refractivity contribution is 5.90. The number of nitrogens with one attached hydrogen (secondary N) is 1. The van der Waals surface area contributed by atoms with Gasteiger partial charge < -0.3 is 14.5 Å². The molecule has 0 aliphatic rings. The summed E-state index contributed by atoms with van der Waals surface area (Å²) in [5.74, 6) is 0.907. The second-order valence-electron chi connectivity index (χ2n) is 8.92. The maximum atomic E-state index is 12.2. The van der Waals surface area contributed by atoms with Crippen LogP contribution in [0.15, 0.2) is 73.2 Å². The number of carbonyl (C=O) groups is 1. The summed E-state index contributed by atoms with van der Waals surface area (Å²) in [6.07, 6.45) is 7.38. The molecule has 2 aromatic carbocycles. The molecule has 0 atom stereocenters. The first kappa shape index (κ1) is 24.8. The highest BCUT2D eigenvalue weighted by Crippen LogP contribution is 2.30. The molecule has 0 radical (unpaired) electrons. The van der Waals surface area contributed by atoms with Gasteiger partial charge in [-0.25, -0.2) is 9.78 Å². The molecule has 38 heavy (non-hydrogen) atoms. The molecule has 0 spiro atoms. The lowest BCUT2D eigenvalue weighted by Gasteiger charge is -2.10. The minimum absolute atomic E-state index is 0.182. The number of imidazole rings is 1. The summed E-state index contributed by atoms with van der Waals surface area (Å²) in [7, 11) is 1.29.